The summed E-state index contributed by atoms with van der Waals surface area (Å²) in [6, 6.07) is 6.50. The summed E-state index contributed by atoms with van der Waals surface area (Å²) in [6.07, 6.45) is 1.75. The van der Waals surface area contributed by atoms with Crippen molar-refractivity contribution in [2.24, 2.45) is 0 Å². The van der Waals surface area contributed by atoms with Crippen molar-refractivity contribution in [3.05, 3.63) is 34.9 Å². The highest BCUT2D eigenvalue weighted by atomic mass is 32.2. The Hall–Kier alpha value is -0.470. The van der Waals surface area contributed by atoms with Crippen molar-refractivity contribution < 1.29 is 5.11 Å². The molecule has 0 aromatic heterocycles. The Bertz CT molecular complexity index is 302. The summed E-state index contributed by atoms with van der Waals surface area (Å²) in [5, 5.41) is 9.89. The molecule has 90 valence electrons. The zero-order valence-corrected chi connectivity index (χ0v) is 11.3. The van der Waals surface area contributed by atoms with E-state index >= 15 is 0 Å². The number of aliphatic hydroxyl groups excluding tert-OH is 1. The topological polar surface area (TPSA) is 20.2 Å². The van der Waals surface area contributed by atoms with Gasteiger partial charge in [0, 0.05) is 5.75 Å². The van der Waals surface area contributed by atoms with E-state index in [4.69, 9.17) is 0 Å². The van der Waals surface area contributed by atoms with Crippen LogP contribution in [0.1, 0.15) is 30.0 Å². The van der Waals surface area contributed by atoms with Gasteiger partial charge < -0.3 is 5.11 Å². The molecule has 0 heterocycles. The maximum absolute atomic E-state index is 9.89. The first-order chi connectivity index (χ1) is 7.61. The Morgan fingerprint density at radius 2 is 1.81 bits per heavy atom. The van der Waals surface area contributed by atoms with Gasteiger partial charge in [-0.05, 0) is 38.0 Å². The van der Waals surface area contributed by atoms with E-state index < -0.39 is 0 Å². The molecule has 1 N–H and O–H groups in total. The molecule has 1 rings (SSSR count). The molecule has 0 saturated carbocycles. The average Bonchev–Trinajstić information content (AvgIpc) is 2.16. The van der Waals surface area contributed by atoms with Crippen molar-refractivity contribution in [1.82, 2.24) is 0 Å². The van der Waals surface area contributed by atoms with Gasteiger partial charge in [-0.15, -0.1) is 0 Å². The van der Waals surface area contributed by atoms with Crippen molar-refractivity contribution in [2.75, 3.05) is 11.5 Å². The molecule has 0 amide bonds. The van der Waals surface area contributed by atoms with Gasteiger partial charge in [-0.25, -0.2) is 0 Å². The molecule has 0 bridgehead atoms. The van der Waals surface area contributed by atoms with Gasteiger partial charge in [0.25, 0.3) is 0 Å². The van der Waals surface area contributed by atoms with E-state index in [1.165, 1.54) is 23.1 Å². The van der Waals surface area contributed by atoms with E-state index in [0.717, 1.165) is 17.9 Å². The lowest BCUT2D eigenvalue weighted by atomic mass is 10.0. The highest BCUT2D eigenvalue weighted by Gasteiger charge is 2.06. The van der Waals surface area contributed by atoms with E-state index in [9.17, 15) is 5.11 Å². The van der Waals surface area contributed by atoms with Gasteiger partial charge in [-0.1, -0.05) is 36.2 Å². The first-order valence-corrected chi connectivity index (χ1v) is 7.10. The van der Waals surface area contributed by atoms with Crippen LogP contribution in [0.4, 0.5) is 0 Å². The molecule has 1 aromatic rings. The number of thioether (sulfide) groups is 1. The molecule has 0 aliphatic rings. The van der Waals surface area contributed by atoms with Crippen LogP contribution in [0.25, 0.3) is 0 Å². The molecule has 1 aromatic carbocycles. The minimum atomic E-state index is -0.210. The predicted molar refractivity (Wildman–Crippen MR) is 73.2 cm³/mol. The number of hydrogen-bond donors (Lipinski definition) is 1. The quantitative estimate of drug-likeness (QED) is 0.767. The minimum absolute atomic E-state index is 0.210. The summed E-state index contributed by atoms with van der Waals surface area (Å²) >= 11 is 1.84. The second-order valence-corrected chi connectivity index (χ2v) is 5.58. The van der Waals surface area contributed by atoms with Gasteiger partial charge in [0.2, 0.25) is 0 Å². The molecular weight excluding hydrogens is 216 g/mol. The fourth-order valence-electron chi connectivity index (χ4n) is 1.88. The smallest absolute Gasteiger partial charge is 0.0670 e. The molecule has 0 aliphatic heterocycles. The maximum atomic E-state index is 9.89. The molecule has 0 saturated heterocycles. The predicted octanol–water partition coefficient (Wildman–Crippen LogP) is 3.35. The van der Waals surface area contributed by atoms with E-state index in [-0.39, 0.29) is 6.10 Å². The van der Waals surface area contributed by atoms with E-state index in [1.807, 2.05) is 11.8 Å². The van der Waals surface area contributed by atoms with Crippen LogP contribution >= 0.6 is 11.8 Å². The largest absolute Gasteiger partial charge is 0.392 e. The summed E-state index contributed by atoms with van der Waals surface area (Å²) < 4.78 is 0. The van der Waals surface area contributed by atoms with Gasteiger partial charge in [0.15, 0.2) is 0 Å². The number of aliphatic hydroxyl groups is 1. The number of hydrogen-bond acceptors (Lipinski definition) is 2. The fraction of sp³-hybridized carbons (Fsp3) is 0.571. The van der Waals surface area contributed by atoms with Crippen LogP contribution in [-0.2, 0) is 6.42 Å². The lowest BCUT2D eigenvalue weighted by Gasteiger charge is -2.11. The van der Waals surface area contributed by atoms with E-state index in [0.29, 0.717) is 0 Å². The highest BCUT2D eigenvalue weighted by molar-refractivity contribution is 7.99. The van der Waals surface area contributed by atoms with Crippen LogP contribution in [0.2, 0.25) is 0 Å². The summed E-state index contributed by atoms with van der Waals surface area (Å²) in [7, 11) is 0. The Morgan fingerprint density at radius 3 is 2.38 bits per heavy atom. The lowest BCUT2D eigenvalue weighted by Crippen LogP contribution is -2.14. The van der Waals surface area contributed by atoms with Gasteiger partial charge in [-0.3, -0.25) is 0 Å². The molecule has 0 radical (unpaired) electrons. The third-order valence-corrected chi connectivity index (χ3v) is 3.73. The molecular formula is C14H22OS. The van der Waals surface area contributed by atoms with Crippen LogP contribution in [-0.4, -0.2) is 22.7 Å². The van der Waals surface area contributed by atoms with Crippen LogP contribution in [0.5, 0.6) is 0 Å². The summed E-state index contributed by atoms with van der Waals surface area (Å²) in [5.41, 5.74) is 3.81. The van der Waals surface area contributed by atoms with Gasteiger partial charge in [0.1, 0.15) is 0 Å². The van der Waals surface area contributed by atoms with Crippen LogP contribution in [0.3, 0.4) is 0 Å². The molecule has 0 spiro atoms. The van der Waals surface area contributed by atoms with Gasteiger partial charge in [-0.2, -0.15) is 11.8 Å². The van der Waals surface area contributed by atoms with Gasteiger partial charge in [0.05, 0.1) is 6.10 Å². The second kappa shape index (κ2) is 6.97. The Labute approximate surface area is 103 Å². The number of rotatable bonds is 6. The van der Waals surface area contributed by atoms with Crippen LogP contribution in [0, 0.1) is 13.8 Å². The Morgan fingerprint density at radius 1 is 1.19 bits per heavy atom. The summed E-state index contributed by atoms with van der Waals surface area (Å²) in [6.45, 7) is 6.38. The van der Waals surface area contributed by atoms with Crippen molar-refractivity contribution in [3.63, 3.8) is 0 Å². The van der Waals surface area contributed by atoms with Crippen LogP contribution in [0.15, 0.2) is 18.2 Å². The first-order valence-electron chi connectivity index (χ1n) is 5.94. The molecule has 0 fully saturated rings. The monoisotopic (exact) mass is 238 g/mol. The van der Waals surface area contributed by atoms with Crippen molar-refractivity contribution in [1.29, 1.82) is 0 Å². The van der Waals surface area contributed by atoms with Crippen molar-refractivity contribution in [3.8, 4) is 0 Å². The fourth-order valence-corrected chi connectivity index (χ4v) is 2.73. The summed E-state index contributed by atoms with van der Waals surface area (Å²) in [4.78, 5) is 0. The highest BCUT2D eigenvalue weighted by Crippen LogP contribution is 2.13. The molecule has 1 unspecified atom stereocenters. The third kappa shape index (κ3) is 5.04. The maximum Gasteiger partial charge on any atom is 0.0670 e. The van der Waals surface area contributed by atoms with Gasteiger partial charge >= 0.3 is 0 Å². The molecule has 1 nitrogen and oxygen atoms in total. The van der Waals surface area contributed by atoms with Crippen molar-refractivity contribution in [2.45, 2.75) is 39.7 Å². The lowest BCUT2D eigenvalue weighted by molar-refractivity contribution is 0.200. The first kappa shape index (κ1) is 13.6. The molecule has 2 heteroatoms. The van der Waals surface area contributed by atoms with Crippen molar-refractivity contribution >= 4 is 11.8 Å². The zero-order chi connectivity index (χ0) is 12.0. The van der Waals surface area contributed by atoms with Crippen LogP contribution < -0.4 is 0 Å². The minimum Gasteiger partial charge on any atom is -0.392 e. The van der Waals surface area contributed by atoms with E-state index in [1.54, 1.807) is 0 Å². The summed E-state index contributed by atoms with van der Waals surface area (Å²) in [5.74, 6) is 1.99. The Kier molecular flexibility index (Phi) is 5.93. The molecule has 1 atom stereocenters. The molecule has 16 heavy (non-hydrogen) atoms. The molecule has 0 aliphatic carbocycles. The normalized spacial score (nSPS) is 12.8. The van der Waals surface area contributed by atoms with E-state index in [2.05, 4.69) is 39.0 Å². The standard InChI is InChI=1S/C14H22OS/c1-4-5-16-10-14(15)9-13-7-11(2)6-12(3)8-13/h6-8,14-15H,4-5,9-10H2,1-3H3. The third-order valence-electron chi connectivity index (χ3n) is 2.41. The second-order valence-electron chi connectivity index (χ2n) is 4.43. The zero-order valence-electron chi connectivity index (χ0n) is 10.5. The number of benzene rings is 1. The SMILES string of the molecule is CCCSCC(O)Cc1cc(C)cc(C)c1. The average molecular weight is 238 g/mol. The Balaban J connectivity index is 2.45. The number of aryl methyl sites for hydroxylation is 2.